The summed E-state index contributed by atoms with van der Waals surface area (Å²) in [5, 5.41) is 54.9. The average Bonchev–Trinajstić information content (AvgIpc) is 0.836. The first-order valence-electron chi connectivity index (χ1n) is 40.6. The summed E-state index contributed by atoms with van der Waals surface area (Å²) in [6.07, 6.45) is 102. The van der Waals surface area contributed by atoms with E-state index in [0.29, 0.717) is 6.42 Å². The number of unbranched alkanes of at least 4 members (excludes halogenated alkanes) is 45. The van der Waals surface area contributed by atoms with Crippen molar-refractivity contribution in [2.75, 3.05) is 13.2 Å². The van der Waals surface area contributed by atoms with Crippen molar-refractivity contribution < 1.29 is 39.8 Å². The molecule has 9 nitrogen and oxygen atoms in total. The number of hydrogen-bond donors (Lipinski definition) is 6. The molecule has 1 heterocycles. The quantitative estimate of drug-likeness (QED) is 0.0261. The van der Waals surface area contributed by atoms with E-state index in [9.17, 15) is 30.3 Å². The van der Waals surface area contributed by atoms with Crippen LogP contribution in [0, 0.1) is 0 Å². The van der Waals surface area contributed by atoms with Crippen molar-refractivity contribution in [2.45, 2.75) is 416 Å². The van der Waals surface area contributed by atoms with Crippen LogP contribution in [0.1, 0.15) is 373 Å². The van der Waals surface area contributed by atoms with Crippen molar-refractivity contribution in [1.82, 2.24) is 5.32 Å². The molecule has 550 valence electrons. The number of allylic oxidation sites excluding steroid dienone is 17. The molecule has 7 unspecified atom stereocenters. The Labute approximate surface area is 586 Å². The standard InChI is InChI=1S/C86H153NO8/c1-3-5-7-9-11-13-15-17-19-21-23-25-27-29-31-33-35-36-37-38-39-40-41-42-43-44-46-48-50-52-54-56-58-60-62-64-66-68-70-72-74-76-82(90)87-79(78-94-86-85(93)84(92)83(91)81(77-88)95-86)80(89)75-73-71-69-67-65-63-61-59-57-55-53-51-49-47-45-34-32-30-28-26-24-22-20-18-16-14-12-10-8-6-4-2/h5,7,11,13,17,19,23,25,29,31,35-36,38-39,41-42,73,75,79-81,83-86,88-89,91-93H,3-4,6,8-10,12,14-16,18,20-22,24,26-28,30,32-34,37,40,43-72,74,76-78H2,1-2H3,(H,87,90)/b7-5-,13-11-,19-17-,25-23-,31-29-,36-35-,39-38-,42-41-,75-73+. The number of carbonyl (C=O) groups is 1. The Hall–Kier alpha value is -3.15. The third kappa shape index (κ3) is 61.7. The van der Waals surface area contributed by atoms with Gasteiger partial charge in [-0.05, 0) is 83.5 Å². The predicted molar refractivity (Wildman–Crippen MR) is 410 cm³/mol. The largest absolute Gasteiger partial charge is 0.394 e. The zero-order valence-corrected chi connectivity index (χ0v) is 61.9. The highest BCUT2D eigenvalue weighted by atomic mass is 16.7. The fourth-order valence-corrected chi connectivity index (χ4v) is 12.6. The van der Waals surface area contributed by atoms with Crippen LogP contribution in [0.25, 0.3) is 0 Å². The maximum Gasteiger partial charge on any atom is 0.220 e. The molecule has 1 fully saturated rings. The van der Waals surface area contributed by atoms with E-state index in [1.165, 1.54) is 263 Å². The van der Waals surface area contributed by atoms with Gasteiger partial charge in [0.2, 0.25) is 5.91 Å². The number of aliphatic hydroxyl groups is 5. The minimum Gasteiger partial charge on any atom is -0.394 e. The van der Waals surface area contributed by atoms with Crippen molar-refractivity contribution in [1.29, 1.82) is 0 Å². The van der Waals surface area contributed by atoms with Gasteiger partial charge in [0.1, 0.15) is 24.4 Å². The van der Waals surface area contributed by atoms with Crippen LogP contribution < -0.4 is 5.32 Å². The molecule has 0 aromatic rings. The zero-order chi connectivity index (χ0) is 68.5. The molecule has 1 saturated heterocycles. The zero-order valence-electron chi connectivity index (χ0n) is 61.9. The predicted octanol–water partition coefficient (Wildman–Crippen LogP) is 23.5. The normalized spacial score (nSPS) is 18.1. The van der Waals surface area contributed by atoms with Gasteiger partial charge in [-0.15, -0.1) is 0 Å². The molecule has 7 atom stereocenters. The van der Waals surface area contributed by atoms with E-state index in [1.54, 1.807) is 6.08 Å². The Bertz CT molecular complexity index is 1880. The van der Waals surface area contributed by atoms with Crippen LogP contribution >= 0.6 is 0 Å². The van der Waals surface area contributed by atoms with Gasteiger partial charge in [-0.1, -0.05) is 393 Å². The lowest BCUT2D eigenvalue weighted by Crippen LogP contribution is -2.60. The van der Waals surface area contributed by atoms with Gasteiger partial charge in [0.25, 0.3) is 0 Å². The monoisotopic (exact) mass is 1330 g/mol. The van der Waals surface area contributed by atoms with E-state index < -0.39 is 49.5 Å². The number of aliphatic hydroxyl groups excluding tert-OH is 5. The molecule has 0 radical (unpaired) electrons. The maximum atomic E-state index is 13.2. The second kappa shape index (κ2) is 73.6. The number of nitrogens with one attached hydrogen (secondary N) is 1. The topological polar surface area (TPSA) is 149 Å². The first kappa shape index (κ1) is 89.9. The first-order chi connectivity index (χ1) is 46.8. The Morgan fingerprint density at radius 3 is 0.968 bits per heavy atom. The minimum atomic E-state index is -1.57. The van der Waals surface area contributed by atoms with E-state index in [1.807, 2.05) is 6.08 Å². The third-order valence-electron chi connectivity index (χ3n) is 18.9. The molecule has 0 aliphatic carbocycles. The van der Waals surface area contributed by atoms with Crippen molar-refractivity contribution in [2.24, 2.45) is 0 Å². The highest BCUT2D eigenvalue weighted by molar-refractivity contribution is 5.76. The van der Waals surface area contributed by atoms with Gasteiger partial charge in [0.15, 0.2) is 6.29 Å². The molecular weight excluding hydrogens is 1170 g/mol. The van der Waals surface area contributed by atoms with Gasteiger partial charge in [-0.25, -0.2) is 0 Å². The fourth-order valence-electron chi connectivity index (χ4n) is 12.6. The fraction of sp³-hybridized carbons (Fsp3) is 0.779. The minimum absolute atomic E-state index is 0.174. The number of rotatable bonds is 71. The molecule has 0 aromatic heterocycles. The molecule has 1 aliphatic rings. The van der Waals surface area contributed by atoms with Crippen molar-refractivity contribution in [3.8, 4) is 0 Å². The lowest BCUT2D eigenvalue weighted by Gasteiger charge is -2.40. The Balaban J connectivity index is 2.08. The second-order valence-corrected chi connectivity index (χ2v) is 27.8. The number of ether oxygens (including phenoxy) is 2. The van der Waals surface area contributed by atoms with Crippen LogP contribution in [0.15, 0.2) is 109 Å². The number of carbonyl (C=O) groups excluding carboxylic acids is 1. The van der Waals surface area contributed by atoms with Gasteiger partial charge in [-0.2, -0.15) is 0 Å². The van der Waals surface area contributed by atoms with E-state index >= 15 is 0 Å². The number of hydrogen-bond acceptors (Lipinski definition) is 8. The van der Waals surface area contributed by atoms with E-state index in [0.717, 1.165) is 89.9 Å². The molecule has 0 saturated carbocycles. The summed E-state index contributed by atoms with van der Waals surface area (Å²) in [7, 11) is 0. The SMILES string of the molecule is CC/C=C\C/C=C\C/C=C\C/C=C\C/C=C\C/C=C\C/C=C\C/C=C\CCCCCCCCCCCCCCCCCCC(=O)NC(COC1OC(CO)C(O)C(O)C1O)C(O)/C=C/CCCCCCCCCCCCCCCCCCCCCCCCCCCCCCC. The molecular formula is C86H153NO8. The Morgan fingerprint density at radius 1 is 0.368 bits per heavy atom. The van der Waals surface area contributed by atoms with Crippen molar-refractivity contribution >= 4 is 5.91 Å². The van der Waals surface area contributed by atoms with Crippen LogP contribution in [0.5, 0.6) is 0 Å². The average molecular weight is 1330 g/mol. The Morgan fingerprint density at radius 2 is 0.653 bits per heavy atom. The lowest BCUT2D eigenvalue weighted by atomic mass is 9.99. The van der Waals surface area contributed by atoms with Crippen LogP contribution in [0.3, 0.4) is 0 Å². The van der Waals surface area contributed by atoms with E-state index in [2.05, 4.69) is 116 Å². The molecule has 0 aromatic carbocycles. The molecule has 1 rings (SSSR count). The molecule has 9 heteroatoms. The van der Waals surface area contributed by atoms with Crippen LogP contribution in [0.2, 0.25) is 0 Å². The van der Waals surface area contributed by atoms with Crippen LogP contribution in [-0.4, -0.2) is 87.5 Å². The summed E-state index contributed by atoms with van der Waals surface area (Å²) < 4.78 is 11.4. The summed E-state index contributed by atoms with van der Waals surface area (Å²) in [6, 6.07) is -0.812. The van der Waals surface area contributed by atoms with Crippen molar-refractivity contribution in [3.63, 3.8) is 0 Å². The molecule has 95 heavy (non-hydrogen) atoms. The van der Waals surface area contributed by atoms with Gasteiger partial charge in [0, 0.05) is 6.42 Å². The summed E-state index contributed by atoms with van der Waals surface area (Å²) in [4.78, 5) is 13.2. The number of amides is 1. The Kier molecular flexibility index (Phi) is 69.6. The van der Waals surface area contributed by atoms with Gasteiger partial charge >= 0.3 is 0 Å². The maximum absolute atomic E-state index is 13.2. The second-order valence-electron chi connectivity index (χ2n) is 27.8. The summed E-state index contributed by atoms with van der Waals surface area (Å²) in [5.41, 5.74) is 0. The molecule has 1 aliphatic heterocycles. The first-order valence-corrected chi connectivity index (χ1v) is 40.6. The van der Waals surface area contributed by atoms with Crippen LogP contribution in [0.4, 0.5) is 0 Å². The van der Waals surface area contributed by atoms with Crippen molar-refractivity contribution in [3.05, 3.63) is 109 Å². The molecule has 0 bridgehead atoms. The summed E-state index contributed by atoms with van der Waals surface area (Å²) >= 11 is 0. The van der Waals surface area contributed by atoms with Gasteiger partial charge in [0.05, 0.1) is 25.4 Å². The summed E-state index contributed by atoms with van der Waals surface area (Å²) in [6.45, 7) is 3.71. The molecule has 6 N–H and O–H groups in total. The van der Waals surface area contributed by atoms with Gasteiger partial charge < -0.3 is 40.3 Å². The molecule has 1 amide bonds. The van der Waals surface area contributed by atoms with Crippen LogP contribution in [-0.2, 0) is 14.3 Å². The van der Waals surface area contributed by atoms with Gasteiger partial charge in [-0.3, -0.25) is 4.79 Å². The summed E-state index contributed by atoms with van der Waals surface area (Å²) in [5.74, 6) is -0.174. The lowest BCUT2D eigenvalue weighted by molar-refractivity contribution is -0.302. The van der Waals surface area contributed by atoms with E-state index in [-0.39, 0.29) is 12.5 Å². The smallest absolute Gasteiger partial charge is 0.220 e. The molecule has 0 spiro atoms. The highest BCUT2D eigenvalue weighted by Crippen LogP contribution is 2.24. The highest BCUT2D eigenvalue weighted by Gasteiger charge is 2.44. The van der Waals surface area contributed by atoms with E-state index in [4.69, 9.17) is 9.47 Å². The third-order valence-corrected chi connectivity index (χ3v) is 18.9.